The highest BCUT2D eigenvalue weighted by Crippen LogP contribution is 2.17. The molecule has 5 nitrogen and oxygen atoms in total. The number of carbonyl (C=O) groups is 1. The highest BCUT2D eigenvalue weighted by molar-refractivity contribution is 7.99. The summed E-state index contributed by atoms with van der Waals surface area (Å²) in [6, 6.07) is 7.09. The number of aromatic nitrogens is 2. The zero-order valence-corrected chi connectivity index (χ0v) is 11.8. The number of hydrogen-bond acceptors (Lipinski definition) is 4. The maximum absolute atomic E-state index is 12.6. The molecule has 1 aromatic carbocycles. The lowest BCUT2D eigenvalue weighted by molar-refractivity contribution is 0.0763. The fourth-order valence-corrected chi connectivity index (χ4v) is 3.26. The second kappa shape index (κ2) is 5.66. The number of rotatable bonds is 1. The first-order valence-corrected chi connectivity index (χ1v) is 7.77. The largest absolute Gasteiger partial charge is 0.336 e. The van der Waals surface area contributed by atoms with Crippen LogP contribution in [0.15, 0.2) is 29.1 Å². The Hall–Kier alpha value is -1.82. The van der Waals surface area contributed by atoms with E-state index < -0.39 is 0 Å². The number of amides is 1. The molecule has 3 rings (SSSR count). The fraction of sp³-hybridized carbons (Fsp3) is 0.357. The Morgan fingerprint density at radius 3 is 2.85 bits per heavy atom. The van der Waals surface area contributed by atoms with Crippen molar-refractivity contribution < 1.29 is 4.79 Å². The predicted molar refractivity (Wildman–Crippen MR) is 80.2 cm³/mol. The van der Waals surface area contributed by atoms with E-state index in [4.69, 9.17) is 0 Å². The number of nitrogens with one attached hydrogen (secondary N) is 1. The van der Waals surface area contributed by atoms with E-state index in [1.807, 2.05) is 22.7 Å². The van der Waals surface area contributed by atoms with Gasteiger partial charge in [0.25, 0.3) is 11.5 Å². The molecule has 1 amide bonds. The Labute approximate surface area is 120 Å². The van der Waals surface area contributed by atoms with Gasteiger partial charge >= 0.3 is 0 Å². The number of hydrogen-bond donors (Lipinski definition) is 1. The van der Waals surface area contributed by atoms with Crippen molar-refractivity contribution in [1.29, 1.82) is 0 Å². The van der Waals surface area contributed by atoms with Crippen molar-refractivity contribution in [3.05, 3.63) is 40.3 Å². The molecule has 0 unspecified atom stereocenters. The molecule has 1 N–H and O–H groups in total. The van der Waals surface area contributed by atoms with Gasteiger partial charge in [0.15, 0.2) is 5.69 Å². The monoisotopic (exact) mass is 289 g/mol. The lowest BCUT2D eigenvalue weighted by Gasteiger charge is -2.19. The molecule has 2 heterocycles. The van der Waals surface area contributed by atoms with Crippen molar-refractivity contribution in [2.24, 2.45) is 0 Å². The second-order valence-electron chi connectivity index (χ2n) is 4.71. The summed E-state index contributed by atoms with van der Waals surface area (Å²) in [4.78, 5) is 26.2. The first-order chi connectivity index (χ1) is 9.77. The van der Waals surface area contributed by atoms with E-state index in [0.717, 1.165) is 31.0 Å². The predicted octanol–water partition coefficient (Wildman–Crippen LogP) is 1.50. The summed E-state index contributed by atoms with van der Waals surface area (Å²) in [6.07, 6.45) is 0.998. The molecular weight excluding hydrogens is 274 g/mol. The van der Waals surface area contributed by atoms with Gasteiger partial charge in [-0.25, -0.2) is 5.10 Å². The van der Waals surface area contributed by atoms with Crippen LogP contribution in [0.5, 0.6) is 0 Å². The lowest BCUT2D eigenvalue weighted by Crippen LogP contribution is -2.34. The molecule has 0 aliphatic carbocycles. The highest BCUT2D eigenvalue weighted by Gasteiger charge is 2.21. The van der Waals surface area contributed by atoms with Gasteiger partial charge in [-0.1, -0.05) is 18.2 Å². The van der Waals surface area contributed by atoms with Crippen LogP contribution in [-0.4, -0.2) is 45.6 Å². The van der Waals surface area contributed by atoms with Gasteiger partial charge in [0, 0.05) is 24.2 Å². The van der Waals surface area contributed by atoms with Crippen molar-refractivity contribution in [3.8, 4) is 0 Å². The van der Waals surface area contributed by atoms with Crippen LogP contribution in [0.2, 0.25) is 0 Å². The average molecular weight is 289 g/mol. The van der Waals surface area contributed by atoms with Gasteiger partial charge in [-0.2, -0.15) is 16.9 Å². The van der Waals surface area contributed by atoms with Gasteiger partial charge in [-0.15, -0.1) is 0 Å². The summed E-state index contributed by atoms with van der Waals surface area (Å²) >= 11 is 1.87. The highest BCUT2D eigenvalue weighted by atomic mass is 32.2. The molecule has 20 heavy (non-hydrogen) atoms. The SMILES string of the molecule is O=C(c1n[nH]c(=O)c2ccccc12)N1CCCSCC1. The van der Waals surface area contributed by atoms with Gasteiger partial charge < -0.3 is 4.90 Å². The number of carbonyl (C=O) groups excluding carboxylic acids is 1. The first-order valence-electron chi connectivity index (χ1n) is 6.62. The summed E-state index contributed by atoms with van der Waals surface area (Å²) in [5, 5.41) is 7.53. The maximum atomic E-state index is 12.6. The molecule has 104 valence electrons. The van der Waals surface area contributed by atoms with Crippen molar-refractivity contribution in [2.45, 2.75) is 6.42 Å². The maximum Gasteiger partial charge on any atom is 0.274 e. The molecular formula is C14H15N3O2S. The molecule has 2 aromatic rings. The van der Waals surface area contributed by atoms with Crippen molar-refractivity contribution in [3.63, 3.8) is 0 Å². The molecule has 0 spiro atoms. The van der Waals surface area contributed by atoms with Crippen LogP contribution in [0.3, 0.4) is 0 Å². The molecule has 1 fully saturated rings. The Bertz CT molecular complexity index is 690. The Kier molecular flexibility index (Phi) is 3.73. The quantitative estimate of drug-likeness (QED) is 0.864. The Balaban J connectivity index is 2.03. The zero-order valence-electron chi connectivity index (χ0n) is 11.0. The van der Waals surface area contributed by atoms with Gasteiger partial charge in [0.05, 0.1) is 5.39 Å². The minimum Gasteiger partial charge on any atom is -0.336 e. The molecule has 1 aliphatic heterocycles. The van der Waals surface area contributed by atoms with Crippen molar-refractivity contribution >= 4 is 28.4 Å². The van der Waals surface area contributed by atoms with E-state index in [1.165, 1.54) is 0 Å². The molecule has 0 saturated carbocycles. The van der Waals surface area contributed by atoms with Crippen LogP contribution in [0.1, 0.15) is 16.9 Å². The number of aromatic amines is 1. The average Bonchev–Trinajstić information content (AvgIpc) is 2.76. The Morgan fingerprint density at radius 1 is 1.20 bits per heavy atom. The summed E-state index contributed by atoms with van der Waals surface area (Å²) in [7, 11) is 0. The third-order valence-corrected chi connectivity index (χ3v) is 4.46. The molecule has 0 atom stereocenters. The van der Waals surface area contributed by atoms with Gasteiger partial charge in [-0.05, 0) is 18.2 Å². The summed E-state index contributed by atoms with van der Waals surface area (Å²) in [6.45, 7) is 1.49. The van der Waals surface area contributed by atoms with E-state index in [2.05, 4.69) is 10.2 Å². The summed E-state index contributed by atoms with van der Waals surface area (Å²) < 4.78 is 0. The van der Waals surface area contributed by atoms with E-state index in [1.54, 1.807) is 18.2 Å². The lowest BCUT2D eigenvalue weighted by atomic mass is 10.1. The number of thioether (sulfide) groups is 1. The minimum absolute atomic E-state index is 0.0973. The molecule has 6 heteroatoms. The number of fused-ring (bicyclic) bond motifs is 1. The van der Waals surface area contributed by atoms with Crippen LogP contribution >= 0.6 is 11.8 Å². The van der Waals surface area contributed by atoms with Crippen LogP contribution in [0.4, 0.5) is 0 Å². The van der Waals surface area contributed by atoms with Crippen LogP contribution < -0.4 is 5.56 Å². The van der Waals surface area contributed by atoms with E-state index in [0.29, 0.717) is 16.5 Å². The molecule has 1 aromatic heterocycles. The van der Waals surface area contributed by atoms with Gasteiger partial charge in [0.1, 0.15) is 0 Å². The standard InChI is InChI=1S/C14H15N3O2S/c18-13-11-5-2-1-4-10(11)12(15-16-13)14(19)17-6-3-8-20-9-7-17/h1-2,4-5H,3,6-9H2,(H,16,18). The van der Waals surface area contributed by atoms with Crippen molar-refractivity contribution in [2.75, 3.05) is 24.6 Å². The normalized spacial score (nSPS) is 16.1. The van der Waals surface area contributed by atoms with E-state index in [9.17, 15) is 9.59 Å². The fourth-order valence-electron chi connectivity index (χ4n) is 2.38. The van der Waals surface area contributed by atoms with Crippen LogP contribution in [-0.2, 0) is 0 Å². The molecule has 0 radical (unpaired) electrons. The van der Waals surface area contributed by atoms with Crippen LogP contribution in [0.25, 0.3) is 10.8 Å². The number of benzene rings is 1. The summed E-state index contributed by atoms with van der Waals surface area (Å²) in [5.41, 5.74) is 0.0793. The van der Waals surface area contributed by atoms with E-state index >= 15 is 0 Å². The molecule has 1 saturated heterocycles. The van der Waals surface area contributed by atoms with Gasteiger partial charge in [0.2, 0.25) is 0 Å². The zero-order chi connectivity index (χ0) is 13.9. The number of H-pyrrole nitrogens is 1. The second-order valence-corrected chi connectivity index (χ2v) is 5.93. The summed E-state index contributed by atoms with van der Waals surface area (Å²) in [5.74, 6) is 1.94. The molecule has 0 bridgehead atoms. The third kappa shape index (κ3) is 2.43. The minimum atomic E-state index is -0.261. The van der Waals surface area contributed by atoms with Crippen LogP contribution in [0, 0.1) is 0 Å². The topological polar surface area (TPSA) is 66.1 Å². The first kappa shape index (κ1) is 13.2. The third-order valence-electron chi connectivity index (χ3n) is 3.41. The number of nitrogens with zero attached hydrogens (tertiary/aromatic N) is 2. The van der Waals surface area contributed by atoms with Crippen molar-refractivity contribution in [1.82, 2.24) is 15.1 Å². The smallest absolute Gasteiger partial charge is 0.274 e. The molecule has 1 aliphatic rings. The van der Waals surface area contributed by atoms with Gasteiger partial charge in [-0.3, -0.25) is 9.59 Å². The Morgan fingerprint density at radius 2 is 2.00 bits per heavy atom. The van der Waals surface area contributed by atoms with E-state index in [-0.39, 0.29) is 11.5 Å².